The minimum atomic E-state index is -0.162. The van der Waals surface area contributed by atoms with Crippen LogP contribution in [0.25, 0.3) is 0 Å². The van der Waals surface area contributed by atoms with Crippen molar-refractivity contribution < 1.29 is 4.79 Å². The number of nitrogens with one attached hydrogen (secondary N) is 1. The second kappa shape index (κ2) is 9.21. The smallest absolute Gasteiger partial charge is 0.253 e. The summed E-state index contributed by atoms with van der Waals surface area (Å²) in [6.07, 6.45) is 0. The minimum absolute atomic E-state index is 0.162. The van der Waals surface area contributed by atoms with Crippen LogP contribution in [0.2, 0.25) is 5.02 Å². The summed E-state index contributed by atoms with van der Waals surface area (Å²) < 4.78 is 0.855. The standard InChI is InChI=1S/C19H22BrClN2O/c1-3-23(4-2)13-15-8-6-5-7-14(15)12-22-19(24)17-10-9-16(20)11-18(17)21/h5-11H,3-4,12-13H2,1-2H3,(H,22,24). The lowest BCUT2D eigenvalue weighted by atomic mass is 10.1. The van der Waals surface area contributed by atoms with Gasteiger partial charge >= 0.3 is 0 Å². The summed E-state index contributed by atoms with van der Waals surface area (Å²) in [5.74, 6) is -0.162. The first-order valence-corrected chi connectivity index (χ1v) is 9.24. The SMILES string of the molecule is CCN(CC)Cc1ccccc1CNC(=O)c1ccc(Br)cc1Cl. The Balaban J connectivity index is 2.07. The molecule has 0 saturated heterocycles. The van der Waals surface area contributed by atoms with Crippen molar-refractivity contribution >= 4 is 33.4 Å². The van der Waals surface area contributed by atoms with Crippen LogP contribution in [0.15, 0.2) is 46.9 Å². The lowest BCUT2D eigenvalue weighted by molar-refractivity contribution is 0.0951. The Morgan fingerprint density at radius 1 is 1.12 bits per heavy atom. The summed E-state index contributed by atoms with van der Waals surface area (Å²) in [5, 5.41) is 3.41. The number of carbonyl (C=O) groups is 1. The maximum atomic E-state index is 12.4. The molecule has 2 aromatic carbocycles. The van der Waals surface area contributed by atoms with Gasteiger partial charge in [0.2, 0.25) is 0 Å². The van der Waals surface area contributed by atoms with Crippen molar-refractivity contribution in [1.82, 2.24) is 10.2 Å². The van der Waals surface area contributed by atoms with Crippen molar-refractivity contribution in [1.29, 1.82) is 0 Å². The molecular weight excluding hydrogens is 388 g/mol. The van der Waals surface area contributed by atoms with Gasteiger partial charge in [0, 0.05) is 17.6 Å². The van der Waals surface area contributed by atoms with Gasteiger partial charge in [-0.3, -0.25) is 9.69 Å². The van der Waals surface area contributed by atoms with E-state index in [1.165, 1.54) is 5.56 Å². The molecule has 1 amide bonds. The Morgan fingerprint density at radius 3 is 2.42 bits per heavy atom. The maximum absolute atomic E-state index is 12.4. The number of hydrogen-bond acceptors (Lipinski definition) is 2. The van der Waals surface area contributed by atoms with Crippen LogP contribution in [0, 0.1) is 0 Å². The second-order valence-electron chi connectivity index (χ2n) is 5.54. The van der Waals surface area contributed by atoms with Crippen LogP contribution in [-0.2, 0) is 13.1 Å². The largest absolute Gasteiger partial charge is 0.348 e. The molecule has 2 rings (SSSR count). The van der Waals surface area contributed by atoms with E-state index in [2.05, 4.69) is 52.1 Å². The molecule has 0 saturated carbocycles. The van der Waals surface area contributed by atoms with Crippen molar-refractivity contribution in [2.24, 2.45) is 0 Å². The van der Waals surface area contributed by atoms with Crippen LogP contribution < -0.4 is 5.32 Å². The lowest BCUT2D eigenvalue weighted by Gasteiger charge is -2.20. The van der Waals surface area contributed by atoms with Crippen molar-refractivity contribution in [3.63, 3.8) is 0 Å². The number of nitrogens with zero attached hydrogens (tertiary/aromatic N) is 1. The molecule has 1 N–H and O–H groups in total. The van der Waals surface area contributed by atoms with Gasteiger partial charge in [-0.2, -0.15) is 0 Å². The van der Waals surface area contributed by atoms with Gasteiger partial charge in [-0.05, 0) is 42.4 Å². The maximum Gasteiger partial charge on any atom is 0.253 e. The van der Waals surface area contributed by atoms with Crippen LogP contribution in [0.3, 0.4) is 0 Å². The number of amides is 1. The van der Waals surface area contributed by atoms with Crippen LogP contribution in [0.4, 0.5) is 0 Å². The highest BCUT2D eigenvalue weighted by Gasteiger charge is 2.12. The van der Waals surface area contributed by atoms with E-state index in [0.29, 0.717) is 17.1 Å². The number of rotatable bonds is 7. The molecule has 0 spiro atoms. The van der Waals surface area contributed by atoms with E-state index in [1.54, 1.807) is 12.1 Å². The molecule has 0 radical (unpaired) electrons. The Kier molecular flexibility index (Phi) is 7.28. The van der Waals surface area contributed by atoms with Gasteiger partial charge in [-0.1, -0.05) is 65.6 Å². The monoisotopic (exact) mass is 408 g/mol. The highest BCUT2D eigenvalue weighted by atomic mass is 79.9. The highest BCUT2D eigenvalue weighted by Crippen LogP contribution is 2.21. The van der Waals surface area contributed by atoms with Gasteiger partial charge in [0.25, 0.3) is 5.91 Å². The fourth-order valence-electron chi connectivity index (χ4n) is 2.52. The summed E-state index contributed by atoms with van der Waals surface area (Å²) in [7, 11) is 0. The van der Waals surface area contributed by atoms with E-state index in [0.717, 1.165) is 29.7 Å². The molecule has 0 aliphatic carbocycles. The average Bonchev–Trinajstić information content (AvgIpc) is 2.58. The Labute approximate surface area is 157 Å². The van der Waals surface area contributed by atoms with Gasteiger partial charge in [0.15, 0.2) is 0 Å². The molecule has 0 unspecified atom stereocenters. The number of benzene rings is 2. The number of halogens is 2. The van der Waals surface area contributed by atoms with E-state index in [1.807, 2.05) is 18.2 Å². The first-order valence-electron chi connectivity index (χ1n) is 8.07. The molecule has 0 aliphatic rings. The fraction of sp³-hybridized carbons (Fsp3) is 0.316. The first-order chi connectivity index (χ1) is 11.5. The Morgan fingerprint density at radius 2 is 1.79 bits per heavy atom. The van der Waals surface area contributed by atoms with Crippen LogP contribution >= 0.6 is 27.5 Å². The third-order valence-electron chi connectivity index (χ3n) is 4.02. The van der Waals surface area contributed by atoms with Crippen molar-refractivity contribution in [3.8, 4) is 0 Å². The molecule has 0 atom stereocenters. The zero-order chi connectivity index (χ0) is 17.5. The Bertz CT molecular complexity index is 702. The molecule has 0 aromatic heterocycles. The quantitative estimate of drug-likeness (QED) is 0.707. The predicted molar refractivity (Wildman–Crippen MR) is 103 cm³/mol. The summed E-state index contributed by atoms with van der Waals surface area (Å²) in [6, 6.07) is 13.5. The van der Waals surface area contributed by atoms with Crippen LogP contribution in [0.5, 0.6) is 0 Å². The molecule has 0 bridgehead atoms. The van der Waals surface area contributed by atoms with Crippen molar-refractivity contribution in [2.75, 3.05) is 13.1 Å². The van der Waals surface area contributed by atoms with Gasteiger partial charge < -0.3 is 5.32 Å². The van der Waals surface area contributed by atoms with E-state index >= 15 is 0 Å². The van der Waals surface area contributed by atoms with Crippen LogP contribution in [-0.4, -0.2) is 23.9 Å². The van der Waals surface area contributed by atoms with Crippen molar-refractivity contribution in [2.45, 2.75) is 26.9 Å². The predicted octanol–water partition coefficient (Wildman–Crippen LogP) is 4.87. The summed E-state index contributed by atoms with van der Waals surface area (Å²) >= 11 is 9.49. The summed E-state index contributed by atoms with van der Waals surface area (Å²) in [6.45, 7) is 7.70. The lowest BCUT2D eigenvalue weighted by Crippen LogP contribution is -2.26. The van der Waals surface area contributed by atoms with E-state index < -0.39 is 0 Å². The zero-order valence-corrected chi connectivity index (χ0v) is 16.3. The molecule has 0 heterocycles. The van der Waals surface area contributed by atoms with Gasteiger partial charge in [-0.15, -0.1) is 0 Å². The summed E-state index contributed by atoms with van der Waals surface area (Å²) in [5.41, 5.74) is 2.86. The molecule has 2 aromatic rings. The normalized spacial score (nSPS) is 10.9. The van der Waals surface area contributed by atoms with E-state index in [9.17, 15) is 4.79 Å². The van der Waals surface area contributed by atoms with E-state index in [4.69, 9.17) is 11.6 Å². The van der Waals surface area contributed by atoms with Crippen LogP contribution in [0.1, 0.15) is 35.3 Å². The highest BCUT2D eigenvalue weighted by molar-refractivity contribution is 9.10. The second-order valence-corrected chi connectivity index (χ2v) is 6.86. The fourth-order valence-corrected chi connectivity index (χ4v) is 3.28. The third-order valence-corrected chi connectivity index (χ3v) is 4.83. The topological polar surface area (TPSA) is 32.3 Å². The Hall–Kier alpha value is -1.36. The molecule has 128 valence electrons. The molecule has 0 fully saturated rings. The molecule has 3 nitrogen and oxygen atoms in total. The van der Waals surface area contributed by atoms with Gasteiger partial charge in [-0.25, -0.2) is 0 Å². The van der Waals surface area contributed by atoms with Crippen molar-refractivity contribution in [3.05, 3.63) is 68.7 Å². The number of carbonyl (C=O) groups excluding carboxylic acids is 1. The third kappa shape index (κ3) is 5.07. The number of hydrogen-bond donors (Lipinski definition) is 1. The molecular formula is C19H22BrClN2O. The first kappa shape index (κ1) is 19.0. The molecule has 0 aliphatic heterocycles. The molecule has 24 heavy (non-hydrogen) atoms. The van der Waals surface area contributed by atoms with Gasteiger partial charge in [0.1, 0.15) is 0 Å². The summed E-state index contributed by atoms with van der Waals surface area (Å²) in [4.78, 5) is 14.7. The minimum Gasteiger partial charge on any atom is -0.348 e. The van der Waals surface area contributed by atoms with Gasteiger partial charge in [0.05, 0.1) is 10.6 Å². The average molecular weight is 410 g/mol. The molecule has 5 heteroatoms. The zero-order valence-electron chi connectivity index (χ0n) is 14.0. The van der Waals surface area contributed by atoms with E-state index in [-0.39, 0.29) is 5.91 Å².